The fourth-order valence-corrected chi connectivity index (χ4v) is 6.08. The Morgan fingerprint density at radius 2 is 1.97 bits per heavy atom. The van der Waals surface area contributed by atoms with E-state index in [9.17, 15) is 30.4 Å². The first-order valence-electron chi connectivity index (χ1n) is 11.0. The van der Waals surface area contributed by atoms with Crippen LogP contribution >= 0.6 is 11.6 Å². The Labute approximate surface area is 209 Å². The zero-order valence-corrected chi connectivity index (χ0v) is 20.4. The topological polar surface area (TPSA) is 80.8 Å². The van der Waals surface area contributed by atoms with E-state index in [2.05, 4.69) is 15.0 Å². The fourth-order valence-electron chi connectivity index (χ4n) is 4.21. The largest absolute Gasteiger partial charge is 0.468 e. The molecular weight excluding hydrogens is 533 g/mol. The molecule has 14 heteroatoms. The third-order valence-electron chi connectivity index (χ3n) is 6.24. The molecule has 7 nitrogen and oxygen atoms in total. The van der Waals surface area contributed by atoms with Crippen LogP contribution in [0.25, 0.3) is 0 Å². The average molecular weight is 556 g/mol. The van der Waals surface area contributed by atoms with Crippen molar-refractivity contribution >= 4 is 27.3 Å². The highest BCUT2D eigenvalue weighted by Gasteiger charge is 2.60. The number of sulfonamides is 1. The van der Waals surface area contributed by atoms with Crippen LogP contribution in [0.4, 0.5) is 27.6 Å². The van der Waals surface area contributed by atoms with Crippen LogP contribution in [-0.4, -0.2) is 62.7 Å². The van der Waals surface area contributed by atoms with E-state index in [1.165, 1.54) is 30.3 Å². The van der Waals surface area contributed by atoms with Crippen LogP contribution in [-0.2, 0) is 21.3 Å². The summed E-state index contributed by atoms with van der Waals surface area (Å²) >= 11 is 6.28. The van der Waals surface area contributed by atoms with Crippen molar-refractivity contribution in [2.75, 3.05) is 38.2 Å². The molecular formula is C22H23ClF5N3O4S. The van der Waals surface area contributed by atoms with Crippen molar-refractivity contribution in [3.8, 4) is 5.88 Å². The van der Waals surface area contributed by atoms with Gasteiger partial charge in [0, 0.05) is 32.2 Å². The summed E-state index contributed by atoms with van der Waals surface area (Å²) in [5, 5.41) is 3.00. The Morgan fingerprint density at radius 1 is 1.19 bits per heavy atom. The second kappa shape index (κ2) is 9.92. The fraction of sp³-hybridized carbons (Fsp3) is 0.500. The summed E-state index contributed by atoms with van der Waals surface area (Å²) in [7, 11) is -4.09. The van der Waals surface area contributed by atoms with Crippen molar-refractivity contribution in [3.63, 3.8) is 0 Å². The number of anilines is 1. The van der Waals surface area contributed by atoms with E-state index in [-0.39, 0.29) is 55.1 Å². The number of nitrogens with zero attached hydrogens (tertiary/aromatic N) is 2. The Bertz CT molecular complexity index is 1210. The zero-order chi connectivity index (χ0) is 26.2. The number of benzene rings is 1. The summed E-state index contributed by atoms with van der Waals surface area (Å²) in [5.74, 6) is -3.22. The van der Waals surface area contributed by atoms with Gasteiger partial charge < -0.3 is 14.8 Å². The highest BCUT2D eigenvalue weighted by molar-refractivity contribution is 7.89. The molecule has 0 aliphatic carbocycles. The number of nitrogens with one attached hydrogen (secondary N) is 1. The quantitative estimate of drug-likeness (QED) is 0.498. The number of rotatable bonds is 7. The maximum atomic E-state index is 14.6. The summed E-state index contributed by atoms with van der Waals surface area (Å²) in [6.07, 6.45) is -5.01. The first kappa shape index (κ1) is 26.8. The molecule has 3 heterocycles. The van der Waals surface area contributed by atoms with E-state index < -0.39 is 40.6 Å². The van der Waals surface area contributed by atoms with Gasteiger partial charge in [-0.25, -0.2) is 22.2 Å². The molecule has 1 spiro atoms. The lowest BCUT2D eigenvalue weighted by molar-refractivity contribution is -0.155. The number of hydrogen-bond acceptors (Lipinski definition) is 6. The standard InChI is InChI=1S/C22H23ClF5N3O4S/c23-17-10-16(36(32,33)31-8-6-21(24,25)20(12-31)7-9-34-13-20)4-5-18(17)29-11-15-2-1-3-19(30-15)35-14-22(26,27)28/h1-5,10,29H,6-9,11-14H2. The minimum Gasteiger partial charge on any atom is -0.468 e. The van der Waals surface area contributed by atoms with Gasteiger partial charge in [-0.15, -0.1) is 0 Å². The number of aromatic nitrogens is 1. The SMILES string of the molecule is O=S(=O)(c1ccc(NCc2cccc(OCC(F)(F)F)n2)c(Cl)c1)N1CCC(F)(F)C2(CCOC2)C1. The molecule has 2 aliphatic heterocycles. The van der Waals surface area contributed by atoms with Crippen LogP contribution in [0.2, 0.25) is 5.02 Å². The Kier molecular flexibility index (Phi) is 7.39. The minimum atomic E-state index is -4.49. The second-order valence-electron chi connectivity index (χ2n) is 8.74. The maximum Gasteiger partial charge on any atom is 0.422 e. The van der Waals surface area contributed by atoms with E-state index in [1.54, 1.807) is 6.07 Å². The molecule has 1 aromatic heterocycles. The molecule has 4 rings (SSSR count). The van der Waals surface area contributed by atoms with Gasteiger partial charge in [0.1, 0.15) is 0 Å². The van der Waals surface area contributed by atoms with Crippen LogP contribution < -0.4 is 10.1 Å². The summed E-state index contributed by atoms with van der Waals surface area (Å²) in [6, 6.07) is 8.29. The molecule has 36 heavy (non-hydrogen) atoms. The van der Waals surface area contributed by atoms with Gasteiger partial charge in [-0.1, -0.05) is 17.7 Å². The van der Waals surface area contributed by atoms with Crippen molar-refractivity contribution in [1.82, 2.24) is 9.29 Å². The van der Waals surface area contributed by atoms with Crippen molar-refractivity contribution < 1.29 is 39.8 Å². The van der Waals surface area contributed by atoms with Gasteiger partial charge in [-0.2, -0.15) is 17.5 Å². The normalized spacial score (nSPS) is 22.6. The van der Waals surface area contributed by atoms with E-state index in [0.29, 0.717) is 11.4 Å². The highest BCUT2D eigenvalue weighted by atomic mass is 35.5. The first-order chi connectivity index (χ1) is 16.8. The number of ether oxygens (including phenoxy) is 2. The Balaban J connectivity index is 1.44. The number of halogens is 6. The molecule has 0 amide bonds. The van der Waals surface area contributed by atoms with Gasteiger partial charge in [-0.3, -0.25) is 0 Å². The van der Waals surface area contributed by atoms with Gasteiger partial charge in [0.2, 0.25) is 15.9 Å². The molecule has 1 aromatic carbocycles. The third kappa shape index (κ3) is 5.68. The predicted octanol–water partition coefficient (Wildman–Crippen LogP) is 4.72. The molecule has 0 bridgehead atoms. The lowest BCUT2D eigenvalue weighted by Crippen LogP contribution is -2.57. The van der Waals surface area contributed by atoms with Gasteiger partial charge in [0.05, 0.1) is 39.9 Å². The van der Waals surface area contributed by atoms with Crippen LogP contribution in [0.3, 0.4) is 0 Å². The predicted molar refractivity (Wildman–Crippen MR) is 121 cm³/mol. The van der Waals surface area contributed by atoms with E-state index in [0.717, 1.165) is 4.31 Å². The van der Waals surface area contributed by atoms with Gasteiger partial charge in [-0.05, 0) is 30.7 Å². The number of pyridine rings is 1. The maximum absolute atomic E-state index is 14.6. The van der Waals surface area contributed by atoms with Crippen LogP contribution in [0.5, 0.6) is 5.88 Å². The highest BCUT2D eigenvalue weighted by Crippen LogP contribution is 2.49. The van der Waals surface area contributed by atoms with E-state index in [4.69, 9.17) is 16.3 Å². The molecule has 1 atom stereocenters. The summed E-state index contributed by atoms with van der Waals surface area (Å²) in [6.45, 7) is -2.13. The van der Waals surface area contributed by atoms with Crippen molar-refractivity contribution in [2.45, 2.75) is 36.4 Å². The molecule has 2 aromatic rings. The lowest BCUT2D eigenvalue weighted by atomic mass is 9.76. The molecule has 1 unspecified atom stereocenters. The third-order valence-corrected chi connectivity index (χ3v) is 8.39. The summed E-state index contributed by atoms with van der Waals surface area (Å²) < 4.78 is 103. The summed E-state index contributed by atoms with van der Waals surface area (Å²) in [5.41, 5.74) is -0.833. The van der Waals surface area contributed by atoms with Crippen LogP contribution in [0, 0.1) is 5.41 Å². The number of hydrogen-bond donors (Lipinski definition) is 1. The van der Waals surface area contributed by atoms with Crippen molar-refractivity contribution in [3.05, 3.63) is 47.1 Å². The number of piperidine rings is 1. The van der Waals surface area contributed by atoms with Gasteiger partial charge in [0.15, 0.2) is 6.61 Å². The Hall–Kier alpha value is -2.22. The molecule has 1 N–H and O–H groups in total. The second-order valence-corrected chi connectivity index (χ2v) is 11.1. The molecule has 0 radical (unpaired) electrons. The average Bonchev–Trinajstić information content (AvgIpc) is 3.29. The molecule has 2 aliphatic rings. The van der Waals surface area contributed by atoms with E-state index >= 15 is 0 Å². The van der Waals surface area contributed by atoms with Gasteiger partial charge in [0.25, 0.3) is 5.92 Å². The monoisotopic (exact) mass is 555 g/mol. The smallest absolute Gasteiger partial charge is 0.422 e. The molecule has 2 fully saturated rings. The summed E-state index contributed by atoms with van der Waals surface area (Å²) in [4.78, 5) is 3.84. The van der Waals surface area contributed by atoms with Crippen LogP contribution in [0.1, 0.15) is 18.5 Å². The van der Waals surface area contributed by atoms with E-state index in [1.807, 2.05) is 0 Å². The Morgan fingerprint density at radius 3 is 2.64 bits per heavy atom. The lowest BCUT2D eigenvalue weighted by Gasteiger charge is -2.44. The van der Waals surface area contributed by atoms with Crippen LogP contribution in [0.15, 0.2) is 41.3 Å². The van der Waals surface area contributed by atoms with Crippen molar-refractivity contribution in [2.24, 2.45) is 5.41 Å². The van der Waals surface area contributed by atoms with Gasteiger partial charge >= 0.3 is 6.18 Å². The number of alkyl halides is 5. The van der Waals surface area contributed by atoms with Crippen molar-refractivity contribution in [1.29, 1.82) is 0 Å². The minimum absolute atomic E-state index is 0.0572. The molecule has 0 saturated carbocycles. The first-order valence-corrected chi connectivity index (χ1v) is 12.8. The molecule has 2 saturated heterocycles. The zero-order valence-electron chi connectivity index (χ0n) is 18.8. The molecule has 198 valence electrons.